The average molecular weight is 324 g/mol. The Balaban J connectivity index is 2.14. The standard InChI is InChI=1S/C16H18ClNO4/c1-9(2)5-13(16(20)21)18-15(19)11-6-10-7-12(17)3-4-14(10)22-8-11/h3-4,6-7,9,13H,5,8H2,1-2H3,(H,18,19)(H,20,21)/t13-/m1/s1. The summed E-state index contributed by atoms with van der Waals surface area (Å²) in [5.74, 6) is -0.656. The van der Waals surface area contributed by atoms with E-state index >= 15 is 0 Å². The zero-order valence-corrected chi connectivity index (χ0v) is 13.2. The van der Waals surface area contributed by atoms with Gasteiger partial charge in [-0.2, -0.15) is 0 Å². The van der Waals surface area contributed by atoms with Crippen LogP contribution in [0.5, 0.6) is 5.75 Å². The van der Waals surface area contributed by atoms with Crippen LogP contribution in [-0.4, -0.2) is 29.6 Å². The zero-order valence-electron chi connectivity index (χ0n) is 12.4. The van der Waals surface area contributed by atoms with Crippen LogP contribution in [-0.2, 0) is 9.59 Å². The van der Waals surface area contributed by atoms with Gasteiger partial charge in [-0.15, -0.1) is 0 Å². The van der Waals surface area contributed by atoms with Crippen molar-refractivity contribution in [3.05, 3.63) is 34.4 Å². The number of benzene rings is 1. The van der Waals surface area contributed by atoms with E-state index in [4.69, 9.17) is 16.3 Å². The minimum absolute atomic E-state index is 0.106. The van der Waals surface area contributed by atoms with Gasteiger partial charge in [-0.25, -0.2) is 4.79 Å². The first kappa shape index (κ1) is 16.4. The zero-order chi connectivity index (χ0) is 16.3. The molecule has 1 amide bonds. The highest BCUT2D eigenvalue weighted by Gasteiger charge is 2.24. The first-order valence-corrected chi connectivity index (χ1v) is 7.41. The Morgan fingerprint density at radius 3 is 2.77 bits per heavy atom. The van der Waals surface area contributed by atoms with E-state index in [1.807, 2.05) is 13.8 Å². The number of fused-ring (bicyclic) bond motifs is 1. The molecule has 1 atom stereocenters. The summed E-state index contributed by atoms with van der Waals surface area (Å²) >= 11 is 5.92. The number of hydrogen-bond donors (Lipinski definition) is 2. The van der Waals surface area contributed by atoms with Gasteiger partial charge >= 0.3 is 5.97 Å². The maximum Gasteiger partial charge on any atom is 0.326 e. The van der Waals surface area contributed by atoms with Gasteiger partial charge in [0.2, 0.25) is 0 Å². The Labute approximate surface area is 133 Å². The van der Waals surface area contributed by atoms with E-state index in [2.05, 4.69) is 5.32 Å². The largest absolute Gasteiger partial charge is 0.488 e. The third kappa shape index (κ3) is 4.01. The first-order valence-electron chi connectivity index (χ1n) is 7.03. The molecule has 0 unspecified atom stereocenters. The van der Waals surface area contributed by atoms with Gasteiger partial charge in [-0.05, 0) is 36.6 Å². The Kier molecular flexibility index (Phi) is 5.08. The van der Waals surface area contributed by atoms with Crippen LogP contribution in [0, 0.1) is 5.92 Å². The number of carboxylic acid groups (broad SMARTS) is 1. The lowest BCUT2D eigenvalue weighted by Gasteiger charge is -2.20. The van der Waals surface area contributed by atoms with Gasteiger partial charge in [-0.3, -0.25) is 4.79 Å². The van der Waals surface area contributed by atoms with Crippen LogP contribution < -0.4 is 10.1 Å². The van der Waals surface area contributed by atoms with Crippen molar-refractivity contribution in [1.29, 1.82) is 0 Å². The average Bonchev–Trinajstić information content (AvgIpc) is 2.45. The Morgan fingerprint density at radius 1 is 1.41 bits per heavy atom. The van der Waals surface area contributed by atoms with Crippen LogP contribution in [0.3, 0.4) is 0 Å². The van der Waals surface area contributed by atoms with Crippen LogP contribution in [0.2, 0.25) is 5.02 Å². The van der Waals surface area contributed by atoms with Crippen LogP contribution in [0.15, 0.2) is 23.8 Å². The van der Waals surface area contributed by atoms with E-state index in [1.165, 1.54) is 0 Å². The van der Waals surface area contributed by atoms with Crippen molar-refractivity contribution in [2.75, 3.05) is 6.61 Å². The predicted molar refractivity (Wildman–Crippen MR) is 83.9 cm³/mol. The van der Waals surface area contributed by atoms with Crippen molar-refractivity contribution in [2.24, 2.45) is 5.92 Å². The molecule has 0 saturated carbocycles. The summed E-state index contributed by atoms with van der Waals surface area (Å²) in [6.45, 7) is 3.92. The molecule has 0 radical (unpaired) electrons. The van der Waals surface area contributed by atoms with Gasteiger partial charge in [0.15, 0.2) is 0 Å². The molecule has 1 aromatic rings. The van der Waals surface area contributed by atoms with E-state index < -0.39 is 17.9 Å². The summed E-state index contributed by atoms with van der Waals surface area (Å²) < 4.78 is 5.50. The summed E-state index contributed by atoms with van der Waals surface area (Å²) in [5.41, 5.74) is 1.09. The summed E-state index contributed by atoms with van der Waals surface area (Å²) in [5, 5.41) is 12.3. The molecular weight excluding hydrogens is 306 g/mol. The molecule has 0 bridgehead atoms. The molecule has 1 aliphatic rings. The third-order valence-corrected chi connectivity index (χ3v) is 3.52. The molecule has 0 aromatic heterocycles. The lowest BCUT2D eigenvalue weighted by Crippen LogP contribution is -2.43. The summed E-state index contributed by atoms with van der Waals surface area (Å²) in [6, 6.07) is 4.24. The molecule has 1 aromatic carbocycles. The molecule has 2 rings (SSSR count). The molecule has 118 valence electrons. The fourth-order valence-corrected chi connectivity index (χ4v) is 2.40. The highest BCUT2D eigenvalue weighted by atomic mass is 35.5. The molecule has 1 aliphatic heterocycles. The number of amides is 1. The van der Waals surface area contributed by atoms with Crippen molar-refractivity contribution in [1.82, 2.24) is 5.32 Å². The number of aliphatic carboxylic acids is 1. The number of halogens is 1. The van der Waals surface area contributed by atoms with E-state index in [1.54, 1.807) is 24.3 Å². The van der Waals surface area contributed by atoms with Crippen molar-refractivity contribution in [2.45, 2.75) is 26.3 Å². The SMILES string of the molecule is CC(C)C[C@@H](NC(=O)C1=Cc2cc(Cl)ccc2OC1)C(=O)O. The lowest BCUT2D eigenvalue weighted by atomic mass is 10.0. The maximum absolute atomic E-state index is 12.2. The predicted octanol–water partition coefficient (Wildman–Crippen LogP) is 2.73. The van der Waals surface area contributed by atoms with Crippen molar-refractivity contribution in [3.8, 4) is 5.75 Å². The minimum Gasteiger partial charge on any atom is -0.488 e. The number of carbonyl (C=O) groups is 2. The van der Waals surface area contributed by atoms with Crippen molar-refractivity contribution in [3.63, 3.8) is 0 Å². The van der Waals surface area contributed by atoms with Crippen LogP contribution >= 0.6 is 11.6 Å². The number of carbonyl (C=O) groups excluding carboxylic acids is 1. The maximum atomic E-state index is 12.2. The molecule has 22 heavy (non-hydrogen) atoms. The second-order valence-corrected chi connectivity index (χ2v) is 6.07. The van der Waals surface area contributed by atoms with Gasteiger partial charge < -0.3 is 15.2 Å². The Bertz CT molecular complexity index is 625. The summed E-state index contributed by atoms with van der Waals surface area (Å²) in [6.07, 6.45) is 2.05. The van der Waals surface area contributed by atoms with E-state index in [0.717, 1.165) is 0 Å². The quantitative estimate of drug-likeness (QED) is 0.873. The smallest absolute Gasteiger partial charge is 0.326 e. The molecule has 1 heterocycles. The fraction of sp³-hybridized carbons (Fsp3) is 0.375. The van der Waals surface area contributed by atoms with Gasteiger partial charge in [-0.1, -0.05) is 25.4 Å². The summed E-state index contributed by atoms with van der Waals surface area (Å²) in [7, 11) is 0. The fourth-order valence-electron chi connectivity index (χ4n) is 2.22. The number of ether oxygens (including phenoxy) is 1. The van der Waals surface area contributed by atoms with Crippen LogP contribution in [0.25, 0.3) is 6.08 Å². The first-order chi connectivity index (χ1) is 10.4. The van der Waals surface area contributed by atoms with Crippen molar-refractivity contribution < 1.29 is 19.4 Å². The lowest BCUT2D eigenvalue weighted by molar-refractivity contribution is -0.141. The monoisotopic (exact) mass is 323 g/mol. The van der Waals surface area contributed by atoms with E-state index in [-0.39, 0.29) is 12.5 Å². The van der Waals surface area contributed by atoms with Crippen LogP contribution in [0.1, 0.15) is 25.8 Å². The highest BCUT2D eigenvalue weighted by molar-refractivity contribution is 6.30. The third-order valence-electron chi connectivity index (χ3n) is 3.29. The molecule has 0 fully saturated rings. The van der Waals surface area contributed by atoms with Gasteiger partial charge in [0.25, 0.3) is 5.91 Å². The molecular formula is C16H18ClNO4. The van der Waals surface area contributed by atoms with Crippen molar-refractivity contribution >= 4 is 29.6 Å². The number of rotatable bonds is 5. The minimum atomic E-state index is -1.04. The van der Waals surface area contributed by atoms with Gasteiger partial charge in [0, 0.05) is 10.6 Å². The summed E-state index contributed by atoms with van der Waals surface area (Å²) in [4.78, 5) is 23.4. The van der Waals surface area contributed by atoms with Gasteiger partial charge in [0.05, 0.1) is 5.57 Å². The Morgan fingerprint density at radius 2 is 2.14 bits per heavy atom. The molecule has 0 saturated heterocycles. The molecule has 5 nitrogen and oxygen atoms in total. The second kappa shape index (κ2) is 6.83. The molecule has 2 N–H and O–H groups in total. The number of hydrogen-bond acceptors (Lipinski definition) is 3. The number of nitrogens with one attached hydrogen (secondary N) is 1. The van der Waals surface area contributed by atoms with E-state index in [0.29, 0.717) is 28.3 Å². The molecule has 0 aliphatic carbocycles. The van der Waals surface area contributed by atoms with E-state index in [9.17, 15) is 14.7 Å². The van der Waals surface area contributed by atoms with Crippen LogP contribution in [0.4, 0.5) is 0 Å². The highest BCUT2D eigenvalue weighted by Crippen LogP contribution is 2.29. The Hall–Kier alpha value is -2.01. The molecule has 6 heteroatoms. The topological polar surface area (TPSA) is 75.6 Å². The van der Waals surface area contributed by atoms with Gasteiger partial charge in [0.1, 0.15) is 18.4 Å². The number of carboxylic acids is 1. The second-order valence-electron chi connectivity index (χ2n) is 5.63. The molecule has 0 spiro atoms. The normalized spacial score (nSPS) is 14.6.